The van der Waals surface area contributed by atoms with Gasteiger partial charge in [0.15, 0.2) is 11.2 Å². The first-order chi connectivity index (χ1) is 12.4. The van der Waals surface area contributed by atoms with Crippen LogP contribution in [0.25, 0.3) is 11.2 Å². The second-order valence-corrected chi connectivity index (χ2v) is 6.75. The van der Waals surface area contributed by atoms with Gasteiger partial charge in [-0.3, -0.25) is 18.5 Å². The predicted molar refractivity (Wildman–Crippen MR) is 104 cm³/mol. The minimum Gasteiger partial charge on any atom is -0.356 e. The Labute approximate surface area is 155 Å². The molecule has 1 N–H and O–H groups in total. The molecule has 0 unspecified atom stereocenters. The summed E-state index contributed by atoms with van der Waals surface area (Å²) in [7, 11) is 3.10. The first-order valence-electron chi connectivity index (χ1n) is 8.58. The average Bonchev–Trinajstić information content (AvgIpc) is 2.97. The summed E-state index contributed by atoms with van der Waals surface area (Å²) in [5, 5.41) is 3.92. The Bertz CT molecular complexity index is 1060. The molecule has 0 fully saturated rings. The highest BCUT2D eigenvalue weighted by Gasteiger charge is 2.19. The van der Waals surface area contributed by atoms with E-state index in [9.17, 15) is 9.59 Å². The van der Waals surface area contributed by atoms with Crippen LogP contribution in [0.1, 0.15) is 25.3 Å². The molecular weight excluding hydrogens is 354 g/mol. The molecule has 3 aromatic rings. The van der Waals surface area contributed by atoms with Gasteiger partial charge >= 0.3 is 5.69 Å². The zero-order valence-electron chi connectivity index (χ0n) is 15.1. The molecule has 0 aliphatic carbocycles. The molecule has 0 radical (unpaired) electrons. The molecule has 0 saturated carbocycles. The van der Waals surface area contributed by atoms with Gasteiger partial charge in [-0.15, -0.1) is 0 Å². The van der Waals surface area contributed by atoms with Crippen LogP contribution in [0.5, 0.6) is 0 Å². The quantitative estimate of drug-likeness (QED) is 0.671. The topological polar surface area (TPSA) is 73.8 Å². The number of hydrogen-bond donors (Lipinski definition) is 1. The normalized spacial score (nSPS) is 11.2. The summed E-state index contributed by atoms with van der Waals surface area (Å²) in [5.74, 6) is 0.576. The first-order valence-corrected chi connectivity index (χ1v) is 8.96. The van der Waals surface area contributed by atoms with Gasteiger partial charge in [-0.2, -0.15) is 4.98 Å². The van der Waals surface area contributed by atoms with Crippen molar-refractivity contribution in [3.63, 3.8) is 0 Å². The number of halogens is 1. The maximum atomic E-state index is 12.8. The van der Waals surface area contributed by atoms with Crippen molar-refractivity contribution in [3.05, 3.63) is 55.7 Å². The number of anilines is 1. The third kappa shape index (κ3) is 3.26. The summed E-state index contributed by atoms with van der Waals surface area (Å²) in [6.07, 6.45) is 2.03. The zero-order valence-corrected chi connectivity index (χ0v) is 15.9. The van der Waals surface area contributed by atoms with Crippen LogP contribution in [0.4, 0.5) is 5.95 Å². The molecule has 0 saturated heterocycles. The van der Waals surface area contributed by atoms with E-state index in [0.717, 1.165) is 29.5 Å². The number of nitrogens with one attached hydrogen (secondary N) is 1. The Hall–Kier alpha value is -2.54. The lowest BCUT2D eigenvalue weighted by Crippen LogP contribution is -2.37. The maximum absolute atomic E-state index is 12.8. The molecule has 0 spiro atoms. The molecule has 2 aromatic heterocycles. The molecule has 7 nitrogen and oxygen atoms in total. The van der Waals surface area contributed by atoms with Gasteiger partial charge in [0.05, 0.1) is 6.54 Å². The highest BCUT2D eigenvalue weighted by molar-refractivity contribution is 6.30. The van der Waals surface area contributed by atoms with Crippen molar-refractivity contribution in [2.75, 3.05) is 11.9 Å². The molecule has 26 heavy (non-hydrogen) atoms. The molecule has 0 aliphatic heterocycles. The number of unbranched alkanes of at least 4 members (excludes halogenated alkanes) is 1. The summed E-state index contributed by atoms with van der Waals surface area (Å²) in [6, 6.07) is 7.48. The van der Waals surface area contributed by atoms with Crippen LogP contribution < -0.4 is 16.6 Å². The van der Waals surface area contributed by atoms with E-state index < -0.39 is 5.69 Å². The number of rotatable bonds is 6. The number of hydrogen-bond acceptors (Lipinski definition) is 4. The van der Waals surface area contributed by atoms with Crippen LogP contribution in [-0.2, 0) is 20.6 Å². The lowest BCUT2D eigenvalue weighted by Gasteiger charge is -2.11. The van der Waals surface area contributed by atoms with Crippen LogP contribution in [0.15, 0.2) is 33.9 Å². The SMILES string of the molecule is CCCCNc1nc2c(c(=O)n(C)c(=O)n2C)n1Cc1cccc(Cl)c1. The van der Waals surface area contributed by atoms with Crippen LogP contribution in [0.3, 0.4) is 0 Å². The van der Waals surface area contributed by atoms with Gasteiger partial charge in [0.25, 0.3) is 5.56 Å². The van der Waals surface area contributed by atoms with E-state index in [1.165, 1.54) is 11.6 Å². The Morgan fingerprint density at radius 1 is 1.19 bits per heavy atom. The molecule has 3 rings (SSSR count). The third-order valence-electron chi connectivity index (χ3n) is 4.39. The standard InChI is InChI=1S/C18H22ClN5O2/c1-4-5-9-20-17-21-15-14(16(25)23(3)18(26)22(15)2)24(17)11-12-7-6-8-13(19)10-12/h6-8,10H,4-5,9,11H2,1-3H3,(H,20,21). The van der Waals surface area contributed by atoms with Crippen molar-refractivity contribution >= 4 is 28.7 Å². The van der Waals surface area contributed by atoms with E-state index in [2.05, 4.69) is 17.2 Å². The maximum Gasteiger partial charge on any atom is 0.332 e. The monoisotopic (exact) mass is 375 g/mol. The number of aromatic nitrogens is 4. The molecule has 8 heteroatoms. The minimum absolute atomic E-state index is 0.360. The van der Waals surface area contributed by atoms with E-state index in [-0.39, 0.29) is 5.56 Å². The van der Waals surface area contributed by atoms with Crippen LogP contribution in [0, 0.1) is 0 Å². The molecule has 0 bridgehead atoms. The van der Waals surface area contributed by atoms with Gasteiger partial charge in [0.2, 0.25) is 5.95 Å². The summed E-state index contributed by atoms with van der Waals surface area (Å²) in [6.45, 7) is 3.28. The summed E-state index contributed by atoms with van der Waals surface area (Å²) in [4.78, 5) is 29.5. The van der Waals surface area contributed by atoms with Crippen molar-refractivity contribution in [2.45, 2.75) is 26.3 Å². The number of aryl methyl sites for hydroxylation is 1. The Morgan fingerprint density at radius 3 is 2.65 bits per heavy atom. The fraction of sp³-hybridized carbons (Fsp3) is 0.389. The second kappa shape index (κ2) is 7.37. The summed E-state index contributed by atoms with van der Waals surface area (Å²) < 4.78 is 4.32. The van der Waals surface area contributed by atoms with Gasteiger partial charge < -0.3 is 5.32 Å². The lowest BCUT2D eigenvalue weighted by molar-refractivity contribution is 0.702. The van der Waals surface area contributed by atoms with Gasteiger partial charge in [0, 0.05) is 25.7 Å². The highest BCUT2D eigenvalue weighted by atomic mass is 35.5. The van der Waals surface area contributed by atoms with Crippen molar-refractivity contribution in [1.29, 1.82) is 0 Å². The Morgan fingerprint density at radius 2 is 1.96 bits per heavy atom. The van der Waals surface area contributed by atoms with Gasteiger partial charge in [-0.05, 0) is 24.1 Å². The van der Waals surface area contributed by atoms with Gasteiger partial charge in [-0.1, -0.05) is 37.1 Å². The predicted octanol–water partition coefficient (Wildman–Crippen LogP) is 2.35. The molecule has 0 amide bonds. The van der Waals surface area contributed by atoms with Crippen LogP contribution in [0.2, 0.25) is 5.02 Å². The Kier molecular flexibility index (Phi) is 5.18. The molecule has 138 valence electrons. The molecule has 0 aliphatic rings. The number of benzene rings is 1. The number of imidazole rings is 1. The molecule has 0 atom stereocenters. The number of nitrogens with zero attached hydrogens (tertiary/aromatic N) is 4. The smallest absolute Gasteiger partial charge is 0.332 e. The largest absolute Gasteiger partial charge is 0.356 e. The van der Waals surface area contributed by atoms with E-state index >= 15 is 0 Å². The van der Waals surface area contributed by atoms with Crippen molar-refractivity contribution in [1.82, 2.24) is 18.7 Å². The molecular formula is C18H22ClN5O2. The lowest BCUT2D eigenvalue weighted by atomic mass is 10.2. The Balaban J connectivity index is 2.21. The number of fused-ring (bicyclic) bond motifs is 1. The average molecular weight is 376 g/mol. The first kappa shape index (κ1) is 18.3. The van der Waals surface area contributed by atoms with E-state index in [4.69, 9.17) is 11.6 Å². The molecule has 2 heterocycles. The molecule has 1 aromatic carbocycles. The van der Waals surface area contributed by atoms with Crippen molar-refractivity contribution < 1.29 is 0 Å². The van der Waals surface area contributed by atoms with Gasteiger partial charge in [-0.25, -0.2) is 4.79 Å². The summed E-state index contributed by atoms with van der Waals surface area (Å²) >= 11 is 6.10. The third-order valence-corrected chi connectivity index (χ3v) is 4.63. The van der Waals surface area contributed by atoms with Crippen LogP contribution in [-0.4, -0.2) is 25.2 Å². The fourth-order valence-corrected chi connectivity index (χ4v) is 3.14. The van der Waals surface area contributed by atoms with Crippen molar-refractivity contribution in [3.8, 4) is 0 Å². The summed E-state index contributed by atoms with van der Waals surface area (Å²) in [5.41, 5.74) is 0.968. The van der Waals surface area contributed by atoms with E-state index in [1.807, 2.05) is 22.8 Å². The van der Waals surface area contributed by atoms with Crippen LogP contribution >= 0.6 is 11.6 Å². The highest BCUT2D eigenvalue weighted by Crippen LogP contribution is 2.19. The van der Waals surface area contributed by atoms with E-state index in [1.54, 1.807) is 13.1 Å². The van der Waals surface area contributed by atoms with Gasteiger partial charge in [0.1, 0.15) is 0 Å². The van der Waals surface area contributed by atoms with E-state index in [0.29, 0.717) is 28.7 Å². The van der Waals surface area contributed by atoms with Crippen molar-refractivity contribution in [2.24, 2.45) is 14.1 Å². The second-order valence-electron chi connectivity index (χ2n) is 6.31. The minimum atomic E-state index is -0.394. The fourth-order valence-electron chi connectivity index (χ4n) is 2.93. The zero-order chi connectivity index (χ0) is 18.8.